The molecular weight excluding hydrogens is 208 g/mol. The minimum atomic E-state index is 0.176. The first-order valence-corrected chi connectivity index (χ1v) is 6.23. The molecule has 1 N–H and O–H groups in total. The highest BCUT2D eigenvalue weighted by Crippen LogP contribution is 2.15. The van der Waals surface area contributed by atoms with Crippen LogP contribution in [0.5, 0.6) is 0 Å². The number of hydrogen-bond acceptors (Lipinski definition) is 2. The van der Waals surface area contributed by atoms with E-state index >= 15 is 0 Å². The number of nitrogens with zero attached hydrogens (tertiary/aromatic N) is 1. The molecule has 0 amide bonds. The average Bonchev–Trinajstić information content (AvgIpc) is 2.27. The molecular formula is C15H22N2. The van der Waals surface area contributed by atoms with E-state index in [0.29, 0.717) is 0 Å². The molecule has 0 aromatic heterocycles. The molecule has 2 heteroatoms. The fraction of sp³-hybridized carbons (Fsp3) is 0.533. The molecule has 92 valence electrons. The maximum atomic E-state index is 8.82. The number of nitriles is 1. The summed E-state index contributed by atoms with van der Waals surface area (Å²) in [4.78, 5) is 0. The van der Waals surface area contributed by atoms with Gasteiger partial charge in [0.1, 0.15) is 0 Å². The van der Waals surface area contributed by atoms with Crippen molar-refractivity contribution in [3.8, 4) is 6.07 Å². The SMILES string of the molecule is CCCC(C)(C)NCc1ccc(C#N)cc1C. The normalized spacial score (nSPS) is 11.2. The third-order valence-electron chi connectivity index (χ3n) is 3.10. The van der Waals surface area contributed by atoms with Gasteiger partial charge in [0.15, 0.2) is 0 Å². The fourth-order valence-corrected chi connectivity index (χ4v) is 2.01. The molecule has 2 nitrogen and oxygen atoms in total. The van der Waals surface area contributed by atoms with E-state index in [-0.39, 0.29) is 5.54 Å². The summed E-state index contributed by atoms with van der Waals surface area (Å²) in [6, 6.07) is 8.05. The largest absolute Gasteiger partial charge is 0.308 e. The van der Waals surface area contributed by atoms with E-state index in [1.165, 1.54) is 24.0 Å². The molecule has 0 atom stereocenters. The molecule has 0 radical (unpaired) electrons. The lowest BCUT2D eigenvalue weighted by molar-refractivity contribution is 0.356. The molecule has 1 aromatic carbocycles. The van der Waals surface area contributed by atoms with Gasteiger partial charge >= 0.3 is 0 Å². The van der Waals surface area contributed by atoms with Crippen molar-refractivity contribution in [2.45, 2.75) is 52.6 Å². The van der Waals surface area contributed by atoms with Gasteiger partial charge in [-0.1, -0.05) is 19.4 Å². The summed E-state index contributed by atoms with van der Waals surface area (Å²) in [5.74, 6) is 0. The standard InChI is InChI=1S/C15H22N2/c1-5-8-15(3,4)17-11-14-7-6-13(10-16)9-12(14)2/h6-7,9,17H,5,8,11H2,1-4H3. The van der Waals surface area contributed by atoms with Gasteiger partial charge in [-0.3, -0.25) is 0 Å². The minimum Gasteiger partial charge on any atom is -0.308 e. The second kappa shape index (κ2) is 5.84. The molecule has 1 rings (SSSR count). The van der Waals surface area contributed by atoms with Crippen LogP contribution >= 0.6 is 0 Å². The zero-order chi connectivity index (χ0) is 12.9. The summed E-state index contributed by atoms with van der Waals surface area (Å²) in [7, 11) is 0. The van der Waals surface area contributed by atoms with Gasteiger partial charge in [-0.25, -0.2) is 0 Å². The van der Waals surface area contributed by atoms with Gasteiger partial charge < -0.3 is 5.32 Å². The van der Waals surface area contributed by atoms with E-state index in [1.54, 1.807) is 0 Å². The predicted octanol–water partition coefficient (Wildman–Crippen LogP) is 3.54. The molecule has 0 bridgehead atoms. The Kier molecular flexibility index (Phi) is 4.72. The Morgan fingerprint density at radius 3 is 2.59 bits per heavy atom. The Morgan fingerprint density at radius 1 is 1.35 bits per heavy atom. The van der Waals surface area contributed by atoms with Crippen molar-refractivity contribution in [1.82, 2.24) is 5.32 Å². The molecule has 1 aromatic rings. The molecule has 0 aliphatic rings. The van der Waals surface area contributed by atoms with Crippen LogP contribution < -0.4 is 5.32 Å². The highest BCUT2D eigenvalue weighted by molar-refractivity contribution is 5.37. The number of rotatable bonds is 5. The summed E-state index contributed by atoms with van der Waals surface area (Å²) in [6.07, 6.45) is 2.36. The van der Waals surface area contributed by atoms with Crippen molar-refractivity contribution < 1.29 is 0 Å². The summed E-state index contributed by atoms with van der Waals surface area (Å²) < 4.78 is 0. The van der Waals surface area contributed by atoms with Crippen LogP contribution in [0, 0.1) is 18.3 Å². The van der Waals surface area contributed by atoms with Crippen molar-refractivity contribution in [2.75, 3.05) is 0 Å². The summed E-state index contributed by atoms with van der Waals surface area (Å²) in [6.45, 7) is 9.59. The predicted molar refractivity (Wildman–Crippen MR) is 71.7 cm³/mol. The van der Waals surface area contributed by atoms with E-state index in [9.17, 15) is 0 Å². The zero-order valence-electron chi connectivity index (χ0n) is 11.3. The van der Waals surface area contributed by atoms with Crippen molar-refractivity contribution >= 4 is 0 Å². The third-order valence-corrected chi connectivity index (χ3v) is 3.10. The quantitative estimate of drug-likeness (QED) is 0.840. The van der Waals surface area contributed by atoms with Crippen LogP contribution in [-0.4, -0.2) is 5.54 Å². The van der Waals surface area contributed by atoms with Crippen molar-refractivity contribution in [1.29, 1.82) is 5.26 Å². The minimum absolute atomic E-state index is 0.176. The molecule has 0 aliphatic carbocycles. The lowest BCUT2D eigenvalue weighted by atomic mass is 9.97. The zero-order valence-corrected chi connectivity index (χ0v) is 11.3. The maximum absolute atomic E-state index is 8.82. The first kappa shape index (κ1) is 13.7. The average molecular weight is 230 g/mol. The van der Waals surface area contributed by atoms with E-state index in [0.717, 1.165) is 12.1 Å². The Balaban J connectivity index is 2.67. The van der Waals surface area contributed by atoms with Gasteiger partial charge in [-0.15, -0.1) is 0 Å². The maximum Gasteiger partial charge on any atom is 0.0991 e. The van der Waals surface area contributed by atoms with Gasteiger partial charge in [0.2, 0.25) is 0 Å². The molecule has 0 saturated heterocycles. The lowest BCUT2D eigenvalue weighted by Crippen LogP contribution is -2.38. The fourth-order valence-electron chi connectivity index (χ4n) is 2.01. The highest BCUT2D eigenvalue weighted by Gasteiger charge is 2.15. The van der Waals surface area contributed by atoms with Crippen LogP contribution in [0.4, 0.5) is 0 Å². The highest BCUT2D eigenvalue weighted by atomic mass is 14.9. The molecule has 0 heterocycles. The molecule has 0 fully saturated rings. The lowest BCUT2D eigenvalue weighted by Gasteiger charge is -2.26. The van der Waals surface area contributed by atoms with Crippen LogP contribution in [-0.2, 0) is 6.54 Å². The summed E-state index contributed by atoms with van der Waals surface area (Å²) in [5.41, 5.74) is 3.37. The molecule has 17 heavy (non-hydrogen) atoms. The van der Waals surface area contributed by atoms with E-state index in [1.807, 2.05) is 18.2 Å². The van der Waals surface area contributed by atoms with E-state index in [2.05, 4.69) is 39.1 Å². The Bertz CT molecular complexity index is 413. The van der Waals surface area contributed by atoms with Gasteiger partial charge in [-0.05, 0) is 50.5 Å². The summed E-state index contributed by atoms with van der Waals surface area (Å²) >= 11 is 0. The number of hydrogen-bond donors (Lipinski definition) is 1. The number of nitrogens with one attached hydrogen (secondary N) is 1. The monoisotopic (exact) mass is 230 g/mol. The molecule has 0 aliphatic heterocycles. The Labute approximate surface area is 105 Å². The number of aryl methyl sites for hydroxylation is 1. The number of benzene rings is 1. The van der Waals surface area contributed by atoms with Crippen LogP contribution in [0.2, 0.25) is 0 Å². The topological polar surface area (TPSA) is 35.8 Å². The van der Waals surface area contributed by atoms with Crippen molar-refractivity contribution in [3.05, 3.63) is 34.9 Å². The molecule has 0 unspecified atom stereocenters. The van der Waals surface area contributed by atoms with Crippen LogP contribution in [0.25, 0.3) is 0 Å². The molecule has 0 spiro atoms. The third kappa shape index (κ3) is 4.20. The van der Waals surface area contributed by atoms with Crippen molar-refractivity contribution in [3.63, 3.8) is 0 Å². The second-order valence-electron chi connectivity index (χ2n) is 5.24. The smallest absolute Gasteiger partial charge is 0.0991 e. The molecule has 0 saturated carbocycles. The first-order valence-electron chi connectivity index (χ1n) is 6.23. The van der Waals surface area contributed by atoms with Gasteiger partial charge in [0.25, 0.3) is 0 Å². The Hall–Kier alpha value is -1.33. The first-order chi connectivity index (χ1) is 7.98. The van der Waals surface area contributed by atoms with Gasteiger partial charge in [0, 0.05) is 12.1 Å². The van der Waals surface area contributed by atoms with Crippen LogP contribution in [0.1, 0.15) is 50.3 Å². The Morgan fingerprint density at radius 2 is 2.06 bits per heavy atom. The van der Waals surface area contributed by atoms with E-state index in [4.69, 9.17) is 5.26 Å². The van der Waals surface area contributed by atoms with Crippen molar-refractivity contribution in [2.24, 2.45) is 0 Å². The van der Waals surface area contributed by atoms with Crippen LogP contribution in [0.3, 0.4) is 0 Å². The van der Waals surface area contributed by atoms with Crippen LogP contribution in [0.15, 0.2) is 18.2 Å². The van der Waals surface area contributed by atoms with Gasteiger partial charge in [0.05, 0.1) is 11.6 Å². The second-order valence-corrected chi connectivity index (χ2v) is 5.24. The summed E-state index contributed by atoms with van der Waals surface area (Å²) in [5, 5.41) is 12.4. The van der Waals surface area contributed by atoms with Gasteiger partial charge in [-0.2, -0.15) is 5.26 Å². The van der Waals surface area contributed by atoms with E-state index < -0.39 is 0 Å².